The lowest BCUT2D eigenvalue weighted by molar-refractivity contribution is 0.0690. The number of ether oxygens (including phenoxy) is 2. The summed E-state index contributed by atoms with van der Waals surface area (Å²) in [5, 5.41) is 9.01. The van der Waals surface area contributed by atoms with Crippen molar-refractivity contribution >= 4 is 21.9 Å². The van der Waals surface area contributed by atoms with Crippen molar-refractivity contribution in [1.29, 1.82) is 0 Å². The standard InChI is InChI=1S/C11H13BrO4/c1-15-6-3-7-16-9-5-2-4-8(12)10(9)11(13)14/h2,4-5H,3,6-7H2,1H3,(H,13,14). The van der Waals surface area contributed by atoms with Crippen LogP contribution in [0.15, 0.2) is 22.7 Å². The molecule has 0 aliphatic carbocycles. The number of carboxylic acid groups (broad SMARTS) is 1. The minimum Gasteiger partial charge on any atom is -0.493 e. The molecular formula is C11H13BrO4. The van der Waals surface area contributed by atoms with Gasteiger partial charge >= 0.3 is 5.97 Å². The summed E-state index contributed by atoms with van der Waals surface area (Å²) in [5.41, 5.74) is 0.153. The molecule has 4 nitrogen and oxygen atoms in total. The van der Waals surface area contributed by atoms with Crippen molar-refractivity contribution in [2.75, 3.05) is 20.3 Å². The lowest BCUT2D eigenvalue weighted by Crippen LogP contribution is -2.06. The van der Waals surface area contributed by atoms with Gasteiger partial charge in [-0.15, -0.1) is 0 Å². The van der Waals surface area contributed by atoms with Crippen molar-refractivity contribution in [3.05, 3.63) is 28.2 Å². The molecule has 0 amide bonds. The number of carbonyl (C=O) groups is 1. The normalized spacial score (nSPS) is 10.1. The quantitative estimate of drug-likeness (QED) is 0.818. The topological polar surface area (TPSA) is 55.8 Å². The number of carboxylic acids is 1. The molecule has 88 valence electrons. The molecule has 0 aliphatic heterocycles. The Morgan fingerprint density at radius 1 is 1.44 bits per heavy atom. The summed E-state index contributed by atoms with van der Waals surface area (Å²) in [5.74, 6) is -0.632. The highest BCUT2D eigenvalue weighted by Gasteiger charge is 2.14. The van der Waals surface area contributed by atoms with Crippen molar-refractivity contribution in [1.82, 2.24) is 0 Å². The van der Waals surface area contributed by atoms with E-state index in [9.17, 15) is 4.79 Å². The largest absolute Gasteiger partial charge is 0.493 e. The fourth-order valence-corrected chi connectivity index (χ4v) is 1.74. The molecule has 0 unspecified atom stereocenters. The number of hydrogen-bond acceptors (Lipinski definition) is 3. The summed E-state index contributed by atoms with van der Waals surface area (Å²) in [6, 6.07) is 5.05. The van der Waals surface area contributed by atoms with E-state index in [2.05, 4.69) is 15.9 Å². The molecule has 0 saturated heterocycles. The third-order valence-electron chi connectivity index (χ3n) is 1.94. The molecule has 0 atom stereocenters. The number of rotatable bonds is 6. The maximum Gasteiger partial charge on any atom is 0.340 e. The fourth-order valence-electron chi connectivity index (χ4n) is 1.22. The highest BCUT2D eigenvalue weighted by molar-refractivity contribution is 9.10. The summed E-state index contributed by atoms with van der Waals surface area (Å²) >= 11 is 3.18. The molecule has 0 spiro atoms. The Bertz CT molecular complexity index is 365. The molecule has 5 heteroatoms. The van der Waals surface area contributed by atoms with Gasteiger partial charge in [-0.05, 0) is 28.1 Å². The van der Waals surface area contributed by atoms with Gasteiger partial charge in [0.05, 0.1) is 6.61 Å². The van der Waals surface area contributed by atoms with Gasteiger partial charge < -0.3 is 14.6 Å². The molecule has 0 saturated carbocycles. The molecule has 1 aromatic carbocycles. The van der Waals surface area contributed by atoms with Crippen molar-refractivity contribution in [2.24, 2.45) is 0 Å². The third-order valence-corrected chi connectivity index (χ3v) is 2.60. The fraction of sp³-hybridized carbons (Fsp3) is 0.364. The van der Waals surface area contributed by atoms with E-state index in [0.29, 0.717) is 23.4 Å². The zero-order valence-corrected chi connectivity index (χ0v) is 10.5. The second-order valence-corrected chi connectivity index (χ2v) is 3.97. The van der Waals surface area contributed by atoms with E-state index in [0.717, 1.165) is 6.42 Å². The van der Waals surface area contributed by atoms with E-state index in [1.54, 1.807) is 25.3 Å². The first-order chi connectivity index (χ1) is 7.66. The van der Waals surface area contributed by atoms with Crippen molar-refractivity contribution in [3.8, 4) is 5.75 Å². The molecule has 0 heterocycles. The van der Waals surface area contributed by atoms with Crippen LogP contribution >= 0.6 is 15.9 Å². The second-order valence-electron chi connectivity index (χ2n) is 3.11. The van der Waals surface area contributed by atoms with E-state index in [1.807, 2.05) is 0 Å². The maximum atomic E-state index is 11.0. The van der Waals surface area contributed by atoms with Gasteiger partial charge in [-0.2, -0.15) is 0 Å². The van der Waals surface area contributed by atoms with Crippen molar-refractivity contribution in [3.63, 3.8) is 0 Å². The van der Waals surface area contributed by atoms with Gasteiger partial charge in [0.25, 0.3) is 0 Å². The molecule has 1 N–H and O–H groups in total. The Morgan fingerprint density at radius 2 is 2.19 bits per heavy atom. The minimum atomic E-state index is -1.01. The first-order valence-electron chi connectivity index (χ1n) is 4.80. The summed E-state index contributed by atoms with van der Waals surface area (Å²) in [4.78, 5) is 11.0. The highest BCUT2D eigenvalue weighted by Crippen LogP contribution is 2.26. The van der Waals surface area contributed by atoms with E-state index in [4.69, 9.17) is 14.6 Å². The van der Waals surface area contributed by atoms with Crippen LogP contribution in [0.25, 0.3) is 0 Å². The molecule has 0 aliphatic rings. The van der Waals surface area contributed by atoms with E-state index in [1.165, 1.54) is 0 Å². The average molecular weight is 289 g/mol. The Hall–Kier alpha value is -1.07. The average Bonchev–Trinajstić information content (AvgIpc) is 2.24. The second kappa shape index (κ2) is 6.50. The Labute approximate surface area is 102 Å². The maximum absolute atomic E-state index is 11.0. The Morgan fingerprint density at radius 3 is 2.81 bits per heavy atom. The number of halogens is 1. The van der Waals surface area contributed by atoms with Crippen LogP contribution in [-0.2, 0) is 4.74 Å². The summed E-state index contributed by atoms with van der Waals surface area (Å²) in [7, 11) is 1.61. The monoisotopic (exact) mass is 288 g/mol. The van der Waals surface area contributed by atoms with E-state index in [-0.39, 0.29) is 5.56 Å². The molecule has 0 fully saturated rings. The number of benzene rings is 1. The van der Waals surface area contributed by atoms with E-state index >= 15 is 0 Å². The predicted octanol–water partition coefficient (Wildman–Crippen LogP) is 2.56. The third kappa shape index (κ3) is 3.50. The van der Waals surface area contributed by atoms with Gasteiger partial charge in [0.2, 0.25) is 0 Å². The van der Waals surface area contributed by atoms with E-state index < -0.39 is 5.97 Å². The summed E-state index contributed by atoms with van der Waals surface area (Å²) in [6.45, 7) is 1.03. The Balaban J connectivity index is 2.71. The van der Waals surface area contributed by atoms with Crippen LogP contribution < -0.4 is 4.74 Å². The van der Waals surface area contributed by atoms with Gasteiger partial charge in [0, 0.05) is 24.6 Å². The molecular weight excluding hydrogens is 276 g/mol. The minimum absolute atomic E-state index is 0.153. The lowest BCUT2D eigenvalue weighted by Gasteiger charge is -2.09. The first-order valence-corrected chi connectivity index (χ1v) is 5.59. The van der Waals surface area contributed by atoms with Crippen LogP contribution in [-0.4, -0.2) is 31.4 Å². The molecule has 0 radical (unpaired) electrons. The van der Waals surface area contributed by atoms with Crippen LogP contribution in [0.2, 0.25) is 0 Å². The van der Waals surface area contributed by atoms with Gasteiger partial charge in [-0.25, -0.2) is 4.79 Å². The zero-order valence-electron chi connectivity index (χ0n) is 8.90. The van der Waals surface area contributed by atoms with Crippen molar-refractivity contribution < 1.29 is 19.4 Å². The SMILES string of the molecule is COCCCOc1cccc(Br)c1C(=O)O. The number of methoxy groups -OCH3 is 1. The van der Waals surface area contributed by atoms with Gasteiger partial charge in [0.1, 0.15) is 11.3 Å². The van der Waals surface area contributed by atoms with Gasteiger partial charge in [0.15, 0.2) is 0 Å². The van der Waals surface area contributed by atoms with Crippen LogP contribution in [0.1, 0.15) is 16.8 Å². The molecule has 0 aromatic heterocycles. The van der Waals surface area contributed by atoms with Gasteiger partial charge in [-0.3, -0.25) is 0 Å². The molecule has 16 heavy (non-hydrogen) atoms. The van der Waals surface area contributed by atoms with Crippen LogP contribution in [0.5, 0.6) is 5.75 Å². The molecule has 1 aromatic rings. The zero-order chi connectivity index (χ0) is 12.0. The van der Waals surface area contributed by atoms with Crippen molar-refractivity contribution in [2.45, 2.75) is 6.42 Å². The van der Waals surface area contributed by atoms with Crippen LogP contribution in [0.4, 0.5) is 0 Å². The first kappa shape index (κ1) is 13.0. The number of hydrogen-bond donors (Lipinski definition) is 1. The summed E-state index contributed by atoms with van der Waals surface area (Å²) in [6.07, 6.45) is 0.724. The molecule has 1 rings (SSSR count). The predicted molar refractivity (Wildman–Crippen MR) is 63.1 cm³/mol. The van der Waals surface area contributed by atoms with Crippen LogP contribution in [0.3, 0.4) is 0 Å². The van der Waals surface area contributed by atoms with Gasteiger partial charge in [-0.1, -0.05) is 6.07 Å². The highest BCUT2D eigenvalue weighted by atomic mass is 79.9. The number of aromatic carboxylic acids is 1. The summed E-state index contributed by atoms with van der Waals surface area (Å²) < 4.78 is 10.8. The lowest BCUT2D eigenvalue weighted by atomic mass is 10.2. The van der Waals surface area contributed by atoms with Crippen LogP contribution in [0, 0.1) is 0 Å². The Kier molecular flexibility index (Phi) is 5.28. The smallest absolute Gasteiger partial charge is 0.340 e. The molecule has 0 bridgehead atoms.